The zero-order valence-corrected chi connectivity index (χ0v) is 18.2. The van der Waals surface area contributed by atoms with Crippen LogP contribution in [0.15, 0.2) is 84.0 Å². The lowest BCUT2D eigenvalue weighted by molar-refractivity contribution is -0.123. The zero-order valence-electron chi connectivity index (χ0n) is 16.7. The van der Waals surface area contributed by atoms with Crippen LogP contribution in [0.2, 0.25) is 5.02 Å². The molecule has 160 valence electrons. The molecule has 1 aromatic heterocycles. The van der Waals surface area contributed by atoms with Crippen LogP contribution in [0.5, 0.6) is 11.5 Å². The third-order valence-electron chi connectivity index (χ3n) is 4.30. The number of rotatable bonds is 7. The van der Waals surface area contributed by atoms with E-state index in [0.29, 0.717) is 27.0 Å². The van der Waals surface area contributed by atoms with Gasteiger partial charge in [0.15, 0.2) is 6.61 Å². The Hall–Kier alpha value is -3.68. The Balaban J connectivity index is 1.35. The van der Waals surface area contributed by atoms with Crippen molar-refractivity contribution < 1.29 is 19.1 Å². The minimum atomic E-state index is -0.531. The first-order chi connectivity index (χ1) is 15.6. The summed E-state index contributed by atoms with van der Waals surface area (Å²) in [6.07, 6.45) is 1.45. The van der Waals surface area contributed by atoms with Crippen LogP contribution < -0.4 is 14.9 Å². The van der Waals surface area contributed by atoms with E-state index in [9.17, 15) is 9.59 Å². The zero-order chi connectivity index (χ0) is 22.3. The number of fused-ring (bicyclic) bond motifs is 1. The highest BCUT2D eigenvalue weighted by Gasteiger charge is 2.19. The number of amides is 1. The summed E-state index contributed by atoms with van der Waals surface area (Å²) >= 11 is 7.63. The van der Waals surface area contributed by atoms with Gasteiger partial charge in [0.1, 0.15) is 16.4 Å². The number of carbonyl (C=O) groups excluding carboxylic acids is 2. The number of nitrogens with zero attached hydrogens (tertiary/aromatic N) is 1. The number of nitrogens with one attached hydrogen (secondary N) is 1. The van der Waals surface area contributed by atoms with Gasteiger partial charge in [0.25, 0.3) is 5.91 Å². The van der Waals surface area contributed by atoms with Crippen molar-refractivity contribution in [3.05, 3.63) is 94.3 Å². The highest BCUT2D eigenvalue weighted by molar-refractivity contribution is 7.21. The Labute approximate surface area is 193 Å². The average molecular weight is 465 g/mol. The minimum absolute atomic E-state index is 0.158. The maximum atomic E-state index is 12.6. The van der Waals surface area contributed by atoms with Gasteiger partial charge < -0.3 is 9.47 Å². The second-order valence-electron chi connectivity index (χ2n) is 6.60. The lowest BCUT2D eigenvalue weighted by Gasteiger charge is -2.05. The topological polar surface area (TPSA) is 77.0 Å². The summed E-state index contributed by atoms with van der Waals surface area (Å²) in [5, 5.41) is 5.11. The molecule has 0 fully saturated rings. The van der Waals surface area contributed by atoms with Crippen molar-refractivity contribution in [1.82, 2.24) is 5.43 Å². The Morgan fingerprint density at radius 1 is 0.969 bits per heavy atom. The molecule has 4 aromatic rings. The first-order valence-corrected chi connectivity index (χ1v) is 10.8. The number of hydrogen-bond donors (Lipinski definition) is 1. The van der Waals surface area contributed by atoms with Crippen LogP contribution in [0.1, 0.15) is 15.2 Å². The fourth-order valence-electron chi connectivity index (χ4n) is 2.83. The molecule has 0 bridgehead atoms. The van der Waals surface area contributed by atoms with Crippen molar-refractivity contribution in [2.45, 2.75) is 0 Å². The van der Waals surface area contributed by atoms with Crippen LogP contribution in [-0.2, 0) is 4.79 Å². The van der Waals surface area contributed by atoms with Crippen LogP contribution in [0.4, 0.5) is 0 Å². The van der Waals surface area contributed by atoms with Crippen molar-refractivity contribution in [3.63, 3.8) is 0 Å². The predicted octanol–water partition coefficient (Wildman–Crippen LogP) is 5.30. The predicted molar refractivity (Wildman–Crippen MR) is 126 cm³/mol. The smallest absolute Gasteiger partial charge is 0.355 e. The van der Waals surface area contributed by atoms with E-state index >= 15 is 0 Å². The summed E-state index contributed by atoms with van der Waals surface area (Å²) in [7, 11) is 0. The molecule has 0 saturated heterocycles. The van der Waals surface area contributed by atoms with Gasteiger partial charge in [-0.3, -0.25) is 4.79 Å². The van der Waals surface area contributed by atoms with Crippen molar-refractivity contribution >= 4 is 51.1 Å². The number of thiophene rings is 1. The number of halogens is 1. The molecule has 1 heterocycles. The molecular formula is C24H17ClN2O4S. The minimum Gasteiger partial charge on any atom is -0.484 e. The van der Waals surface area contributed by atoms with Crippen LogP contribution in [0.25, 0.3) is 10.1 Å². The fourth-order valence-corrected chi connectivity index (χ4v) is 4.22. The van der Waals surface area contributed by atoms with Gasteiger partial charge in [-0.25, -0.2) is 10.2 Å². The molecule has 0 spiro atoms. The van der Waals surface area contributed by atoms with E-state index in [1.807, 2.05) is 42.5 Å². The molecule has 0 radical (unpaired) electrons. The van der Waals surface area contributed by atoms with Crippen molar-refractivity contribution in [1.29, 1.82) is 0 Å². The average Bonchev–Trinajstić information content (AvgIpc) is 3.15. The van der Waals surface area contributed by atoms with Crippen LogP contribution in [0.3, 0.4) is 0 Å². The number of benzene rings is 3. The van der Waals surface area contributed by atoms with Gasteiger partial charge in [0, 0.05) is 10.1 Å². The lowest BCUT2D eigenvalue weighted by Crippen LogP contribution is -2.24. The molecular weight excluding hydrogens is 448 g/mol. The number of hydrogen-bond acceptors (Lipinski definition) is 6. The summed E-state index contributed by atoms with van der Waals surface area (Å²) < 4.78 is 11.8. The maximum absolute atomic E-state index is 12.6. The summed E-state index contributed by atoms with van der Waals surface area (Å²) in [5.74, 6) is 0.00911. The summed E-state index contributed by atoms with van der Waals surface area (Å²) in [5.41, 5.74) is 3.03. The van der Waals surface area contributed by atoms with Crippen molar-refractivity contribution in [3.8, 4) is 11.5 Å². The Kier molecular flexibility index (Phi) is 6.79. The quantitative estimate of drug-likeness (QED) is 0.174. The molecule has 0 saturated carbocycles. The van der Waals surface area contributed by atoms with E-state index < -0.39 is 11.9 Å². The van der Waals surface area contributed by atoms with Gasteiger partial charge in [0.05, 0.1) is 11.2 Å². The Bertz CT molecular complexity index is 1290. The molecule has 3 aromatic carbocycles. The monoisotopic (exact) mass is 464 g/mol. The van der Waals surface area contributed by atoms with Gasteiger partial charge in [-0.15, -0.1) is 11.3 Å². The highest BCUT2D eigenvalue weighted by Crippen LogP contribution is 2.35. The molecule has 8 heteroatoms. The van der Waals surface area contributed by atoms with Crippen LogP contribution in [-0.4, -0.2) is 24.7 Å². The second-order valence-corrected chi connectivity index (χ2v) is 8.03. The van der Waals surface area contributed by atoms with E-state index in [2.05, 4.69) is 10.5 Å². The second kappa shape index (κ2) is 10.1. The summed E-state index contributed by atoms with van der Waals surface area (Å²) in [6.45, 7) is -0.158. The number of esters is 1. The molecule has 1 amide bonds. The molecule has 0 unspecified atom stereocenters. The SMILES string of the molecule is O=C(COc1ccccc1)N/N=C\c1cccc(OC(=O)c2sc3ccccc3c2Cl)c1. The first-order valence-electron chi connectivity index (χ1n) is 9.59. The molecule has 6 nitrogen and oxygen atoms in total. The van der Waals surface area contributed by atoms with E-state index in [1.54, 1.807) is 36.4 Å². The van der Waals surface area contributed by atoms with Gasteiger partial charge >= 0.3 is 5.97 Å². The molecule has 4 rings (SSSR count). The molecule has 0 aliphatic rings. The molecule has 0 atom stereocenters. The number of hydrazone groups is 1. The van der Waals surface area contributed by atoms with Crippen LogP contribution in [0, 0.1) is 0 Å². The normalized spacial score (nSPS) is 10.9. The third-order valence-corrected chi connectivity index (χ3v) is 5.96. The van der Waals surface area contributed by atoms with Gasteiger partial charge in [-0.1, -0.05) is 60.1 Å². The largest absolute Gasteiger partial charge is 0.484 e. The fraction of sp³-hybridized carbons (Fsp3) is 0.0417. The molecule has 0 aliphatic heterocycles. The number of para-hydroxylation sites is 1. The number of ether oxygens (including phenoxy) is 2. The first kappa shape index (κ1) is 21.5. The van der Waals surface area contributed by atoms with Gasteiger partial charge in [-0.05, 0) is 35.9 Å². The number of carbonyl (C=O) groups is 2. The molecule has 1 N–H and O–H groups in total. The highest BCUT2D eigenvalue weighted by atomic mass is 35.5. The van der Waals surface area contributed by atoms with E-state index in [0.717, 1.165) is 10.1 Å². The maximum Gasteiger partial charge on any atom is 0.355 e. The van der Waals surface area contributed by atoms with Crippen molar-refractivity contribution in [2.75, 3.05) is 6.61 Å². The summed E-state index contributed by atoms with van der Waals surface area (Å²) in [6, 6.07) is 23.3. The molecule has 32 heavy (non-hydrogen) atoms. The Morgan fingerprint density at radius 3 is 2.53 bits per heavy atom. The van der Waals surface area contributed by atoms with Gasteiger partial charge in [0.2, 0.25) is 0 Å². The Morgan fingerprint density at radius 2 is 1.72 bits per heavy atom. The van der Waals surface area contributed by atoms with E-state index in [1.165, 1.54) is 17.6 Å². The van der Waals surface area contributed by atoms with E-state index in [-0.39, 0.29) is 6.61 Å². The molecule has 0 aliphatic carbocycles. The van der Waals surface area contributed by atoms with Crippen LogP contribution >= 0.6 is 22.9 Å². The third kappa shape index (κ3) is 5.32. The van der Waals surface area contributed by atoms with Crippen molar-refractivity contribution in [2.24, 2.45) is 5.10 Å². The van der Waals surface area contributed by atoms with Gasteiger partial charge in [-0.2, -0.15) is 5.10 Å². The standard InChI is InChI=1S/C24H17ClN2O4S/c25-22-19-11-4-5-12-20(19)32-23(22)24(29)31-18-10-6-7-16(13-18)14-26-27-21(28)15-30-17-8-2-1-3-9-17/h1-14H,15H2,(H,27,28)/b26-14-. The lowest BCUT2D eigenvalue weighted by atomic mass is 10.2. The van der Waals surface area contributed by atoms with E-state index in [4.69, 9.17) is 21.1 Å². The summed E-state index contributed by atoms with van der Waals surface area (Å²) in [4.78, 5) is 24.8.